The first-order chi connectivity index (χ1) is 14.2. The van der Waals surface area contributed by atoms with Crippen LogP contribution in [0.2, 0.25) is 0 Å². The van der Waals surface area contributed by atoms with E-state index in [9.17, 15) is 0 Å². The summed E-state index contributed by atoms with van der Waals surface area (Å²) in [5, 5.41) is 8.05. The number of aryl methyl sites for hydroxylation is 2. The van der Waals surface area contributed by atoms with Crippen molar-refractivity contribution >= 4 is 33.1 Å². The summed E-state index contributed by atoms with van der Waals surface area (Å²) in [6.45, 7) is 5.76. The fourth-order valence-electron chi connectivity index (χ4n) is 3.49. The predicted molar refractivity (Wildman–Crippen MR) is 114 cm³/mol. The molecular weight excluding hydrogens is 384 g/mol. The Morgan fingerprint density at radius 2 is 1.97 bits per heavy atom. The number of hydrogen-bond donors (Lipinski definition) is 2. The zero-order chi connectivity index (χ0) is 19.8. The molecule has 8 heteroatoms. The van der Waals surface area contributed by atoms with Crippen LogP contribution >= 0.6 is 11.3 Å². The number of rotatable bonds is 4. The van der Waals surface area contributed by atoms with Gasteiger partial charge in [-0.1, -0.05) is 0 Å². The Hall–Kier alpha value is -3.10. The number of anilines is 2. The number of hydrogen-bond acceptors (Lipinski definition) is 8. The molecule has 3 aromatic heterocycles. The lowest BCUT2D eigenvalue weighted by molar-refractivity contribution is 0.473. The van der Waals surface area contributed by atoms with Crippen LogP contribution in [0.4, 0.5) is 11.5 Å². The van der Waals surface area contributed by atoms with Gasteiger partial charge in [0.05, 0.1) is 17.8 Å². The van der Waals surface area contributed by atoms with E-state index in [0.717, 1.165) is 58.4 Å². The third kappa shape index (κ3) is 3.52. The first kappa shape index (κ1) is 18.0. The number of ether oxygens (including phenoxy) is 1. The van der Waals surface area contributed by atoms with Gasteiger partial charge in [0, 0.05) is 17.1 Å². The van der Waals surface area contributed by atoms with Gasteiger partial charge in [0.1, 0.15) is 28.5 Å². The van der Waals surface area contributed by atoms with Gasteiger partial charge in [-0.05, 0) is 56.1 Å². The van der Waals surface area contributed by atoms with Crippen molar-refractivity contribution in [3.8, 4) is 11.5 Å². The summed E-state index contributed by atoms with van der Waals surface area (Å²) in [7, 11) is 0. The topological polar surface area (TPSA) is 84.8 Å². The molecule has 2 N–H and O–H groups in total. The van der Waals surface area contributed by atoms with E-state index in [1.54, 1.807) is 30.1 Å². The highest BCUT2D eigenvalue weighted by Gasteiger charge is 2.19. The van der Waals surface area contributed by atoms with Gasteiger partial charge in [-0.2, -0.15) is 0 Å². The average Bonchev–Trinajstić information content (AvgIpc) is 3.11. The fourth-order valence-corrected chi connectivity index (χ4v) is 4.65. The Kier molecular flexibility index (Phi) is 4.57. The van der Waals surface area contributed by atoms with Crippen molar-refractivity contribution in [1.82, 2.24) is 25.3 Å². The molecule has 1 aliphatic heterocycles. The van der Waals surface area contributed by atoms with Crippen LogP contribution < -0.4 is 15.4 Å². The van der Waals surface area contributed by atoms with Gasteiger partial charge in [-0.3, -0.25) is 0 Å². The molecule has 0 saturated heterocycles. The van der Waals surface area contributed by atoms with Crippen LogP contribution in [0.5, 0.6) is 11.5 Å². The van der Waals surface area contributed by atoms with Gasteiger partial charge >= 0.3 is 0 Å². The average molecular weight is 404 g/mol. The number of nitrogens with zero attached hydrogens (tertiary/aromatic N) is 4. The van der Waals surface area contributed by atoms with E-state index in [1.165, 1.54) is 10.4 Å². The number of nitrogens with one attached hydrogen (secondary N) is 2. The standard InChI is InChI=1S/C21H20N6OS/c1-12-7-14(3-4-17(12)28-15-8-23-13(2)24-9-15)27-20-19-16-5-6-22-10-18(16)29-21(19)26-11-25-20/h3-4,7-9,11,22H,5-6,10H2,1-2H3,(H,25,26,27). The van der Waals surface area contributed by atoms with Crippen LogP contribution in [0.15, 0.2) is 36.9 Å². The molecule has 1 aliphatic rings. The Bertz CT molecular complexity index is 1190. The fraction of sp³-hybridized carbons (Fsp3) is 0.238. The Morgan fingerprint density at radius 3 is 2.79 bits per heavy atom. The predicted octanol–water partition coefficient (Wildman–Crippen LogP) is 4.28. The third-order valence-electron chi connectivity index (χ3n) is 4.93. The summed E-state index contributed by atoms with van der Waals surface area (Å²) in [6, 6.07) is 5.99. The summed E-state index contributed by atoms with van der Waals surface area (Å²) >= 11 is 1.75. The van der Waals surface area contributed by atoms with Crippen molar-refractivity contribution in [2.24, 2.45) is 0 Å². The highest BCUT2D eigenvalue weighted by molar-refractivity contribution is 7.19. The SMILES string of the molecule is Cc1ncc(Oc2ccc(Nc3ncnc4sc5c(c34)CCNC5)cc2C)cn1. The van der Waals surface area contributed by atoms with Crippen LogP contribution in [0.1, 0.15) is 21.8 Å². The van der Waals surface area contributed by atoms with Gasteiger partial charge < -0.3 is 15.4 Å². The van der Waals surface area contributed by atoms with Crippen molar-refractivity contribution in [2.75, 3.05) is 11.9 Å². The van der Waals surface area contributed by atoms with Crippen molar-refractivity contribution in [3.63, 3.8) is 0 Å². The molecule has 146 valence electrons. The van der Waals surface area contributed by atoms with Crippen molar-refractivity contribution in [1.29, 1.82) is 0 Å². The molecule has 0 spiro atoms. The Balaban J connectivity index is 1.43. The van der Waals surface area contributed by atoms with E-state index >= 15 is 0 Å². The monoisotopic (exact) mass is 404 g/mol. The zero-order valence-electron chi connectivity index (χ0n) is 16.2. The van der Waals surface area contributed by atoms with Crippen molar-refractivity contribution < 1.29 is 4.74 Å². The molecule has 0 saturated carbocycles. The van der Waals surface area contributed by atoms with Crippen molar-refractivity contribution in [3.05, 3.63) is 58.7 Å². The van der Waals surface area contributed by atoms with Crippen molar-refractivity contribution in [2.45, 2.75) is 26.8 Å². The van der Waals surface area contributed by atoms with E-state index in [-0.39, 0.29) is 0 Å². The van der Waals surface area contributed by atoms with E-state index in [2.05, 4.69) is 36.6 Å². The number of thiophene rings is 1. The number of benzene rings is 1. The number of aromatic nitrogens is 4. The van der Waals surface area contributed by atoms with Crippen LogP contribution in [-0.4, -0.2) is 26.5 Å². The first-order valence-corrected chi connectivity index (χ1v) is 10.3. The van der Waals surface area contributed by atoms with Gasteiger partial charge in [0.15, 0.2) is 5.75 Å². The molecule has 0 unspecified atom stereocenters. The molecule has 5 rings (SSSR count). The molecule has 0 amide bonds. The van der Waals surface area contributed by atoms with E-state index < -0.39 is 0 Å². The first-order valence-electron chi connectivity index (χ1n) is 9.47. The molecule has 29 heavy (non-hydrogen) atoms. The molecule has 1 aromatic carbocycles. The summed E-state index contributed by atoms with van der Waals surface area (Å²) in [5.41, 5.74) is 3.34. The van der Waals surface area contributed by atoms with Crippen LogP contribution in [0.25, 0.3) is 10.2 Å². The molecule has 0 bridgehead atoms. The molecule has 4 aromatic rings. The van der Waals surface area contributed by atoms with E-state index in [4.69, 9.17) is 4.74 Å². The van der Waals surface area contributed by atoms with Crippen LogP contribution in [-0.2, 0) is 13.0 Å². The third-order valence-corrected chi connectivity index (χ3v) is 6.07. The lowest BCUT2D eigenvalue weighted by Gasteiger charge is -2.14. The largest absolute Gasteiger partial charge is 0.454 e. The summed E-state index contributed by atoms with van der Waals surface area (Å²) in [5.74, 6) is 2.97. The Morgan fingerprint density at radius 1 is 1.10 bits per heavy atom. The minimum atomic E-state index is 0.621. The second kappa shape index (κ2) is 7.38. The van der Waals surface area contributed by atoms with Gasteiger partial charge in [-0.15, -0.1) is 11.3 Å². The summed E-state index contributed by atoms with van der Waals surface area (Å²) < 4.78 is 5.92. The maximum Gasteiger partial charge on any atom is 0.164 e. The molecule has 0 fully saturated rings. The second-order valence-electron chi connectivity index (χ2n) is 7.01. The maximum atomic E-state index is 5.92. The molecule has 4 heterocycles. The highest BCUT2D eigenvalue weighted by Crippen LogP contribution is 2.37. The zero-order valence-corrected chi connectivity index (χ0v) is 17.0. The lowest BCUT2D eigenvalue weighted by atomic mass is 10.1. The number of fused-ring (bicyclic) bond motifs is 3. The molecule has 0 aliphatic carbocycles. The molecule has 7 nitrogen and oxygen atoms in total. The second-order valence-corrected chi connectivity index (χ2v) is 8.09. The van der Waals surface area contributed by atoms with Gasteiger partial charge in [0.2, 0.25) is 0 Å². The summed E-state index contributed by atoms with van der Waals surface area (Å²) in [4.78, 5) is 19.7. The maximum absolute atomic E-state index is 5.92. The van der Waals surface area contributed by atoms with Gasteiger partial charge in [0.25, 0.3) is 0 Å². The van der Waals surface area contributed by atoms with Gasteiger partial charge in [-0.25, -0.2) is 19.9 Å². The summed E-state index contributed by atoms with van der Waals surface area (Å²) in [6.07, 6.45) is 5.99. The lowest BCUT2D eigenvalue weighted by Crippen LogP contribution is -2.22. The molecule has 0 atom stereocenters. The Labute approximate surface area is 172 Å². The quantitative estimate of drug-likeness (QED) is 0.525. The van der Waals surface area contributed by atoms with E-state index in [1.807, 2.05) is 26.0 Å². The van der Waals surface area contributed by atoms with Crippen LogP contribution in [0, 0.1) is 13.8 Å². The minimum absolute atomic E-state index is 0.621. The highest BCUT2D eigenvalue weighted by atomic mass is 32.1. The smallest absolute Gasteiger partial charge is 0.164 e. The normalized spacial score (nSPS) is 13.3. The van der Waals surface area contributed by atoms with E-state index in [0.29, 0.717) is 5.75 Å². The molecule has 0 radical (unpaired) electrons. The van der Waals surface area contributed by atoms with Crippen LogP contribution in [0.3, 0.4) is 0 Å². The molecular formula is C21H20N6OS. The minimum Gasteiger partial charge on any atom is -0.454 e.